The Morgan fingerprint density at radius 1 is 1.33 bits per heavy atom. The zero-order chi connectivity index (χ0) is 16.9. The van der Waals surface area contributed by atoms with Crippen molar-refractivity contribution < 1.29 is 9.21 Å². The number of amides is 1. The number of halogens is 2. The van der Waals surface area contributed by atoms with Crippen molar-refractivity contribution >= 4 is 46.6 Å². The quantitative estimate of drug-likeness (QED) is 0.653. The van der Waals surface area contributed by atoms with Gasteiger partial charge in [-0.05, 0) is 30.3 Å². The van der Waals surface area contributed by atoms with Crippen molar-refractivity contribution in [1.82, 2.24) is 14.8 Å². The molecule has 24 heavy (non-hydrogen) atoms. The first kappa shape index (κ1) is 16.9. The van der Waals surface area contributed by atoms with E-state index in [1.807, 2.05) is 16.7 Å². The Bertz CT molecular complexity index is 836. The fraction of sp³-hybridized carbons (Fsp3) is 0.133. The second kappa shape index (κ2) is 7.74. The second-order valence-corrected chi connectivity index (χ2v) is 6.57. The van der Waals surface area contributed by atoms with Crippen LogP contribution in [0.3, 0.4) is 0 Å². The summed E-state index contributed by atoms with van der Waals surface area (Å²) in [4.78, 5) is 12.1. The van der Waals surface area contributed by atoms with Crippen LogP contribution in [0.25, 0.3) is 0 Å². The number of rotatable bonds is 6. The van der Waals surface area contributed by atoms with E-state index in [0.29, 0.717) is 27.4 Å². The molecule has 0 spiro atoms. The number of aromatic nitrogens is 3. The van der Waals surface area contributed by atoms with Crippen LogP contribution in [0.15, 0.2) is 52.5 Å². The maximum Gasteiger partial charge on any atom is 0.234 e. The minimum Gasteiger partial charge on any atom is -0.467 e. The number of furan rings is 1. The van der Waals surface area contributed by atoms with Crippen LogP contribution >= 0.6 is 35.0 Å². The van der Waals surface area contributed by atoms with Crippen molar-refractivity contribution in [2.24, 2.45) is 0 Å². The third-order valence-corrected chi connectivity index (χ3v) is 4.55. The van der Waals surface area contributed by atoms with E-state index >= 15 is 0 Å². The lowest BCUT2D eigenvalue weighted by molar-refractivity contribution is -0.113. The number of carbonyl (C=O) groups is 1. The smallest absolute Gasteiger partial charge is 0.234 e. The molecule has 0 unspecified atom stereocenters. The van der Waals surface area contributed by atoms with Crippen molar-refractivity contribution in [3.63, 3.8) is 0 Å². The van der Waals surface area contributed by atoms with Gasteiger partial charge in [0, 0.05) is 5.02 Å². The average molecular weight is 383 g/mol. The van der Waals surface area contributed by atoms with Crippen LogP contribution in [-0.4, -0.2) is 26.4 Å². The Morgan fingerprint density at radius 3 is 2.96 bits per heavy atom. The number of hydrogen-bond donors (Lipinski definition) is 1. The molecule has 9 heteroatoms. The summed E-state index contributed by atoms with van der Waals surface area (Å²) in [5, 5.41) is 12.2. The Labute approximate surface area is 152 Å². The summed E-state index contributed by atoms with van der Waals surface area (Å²) < 4.78 is 7.11. The molecular formula is C15H12Cl2N4O2S. The van der Waals surface area contributed by atoms with Gasteiger partial charge in [-0.3, -0.25) is 4.79 Å². The van der Waals surface area contributed by atoms with E-state index in [0.717, 1.165) is 5.76 Å². The first-order valence-corrected chi connectivity index (χ1v) is 8.64. The molecule has 0 saturated heterocycles. The highest BCUT2D eigenvalue weighted by Gasteiger charge is 2.11. The molecule has 0 saturated carbocycles. The molecule has 2 aromatic heterocycles. The number of thioether (sulfide) groups is 1. The van der Waals surface area contributed by atoms with Gasteiger partial charge >= 0.3 is 0 Å². The molecule has 3 aromatic rings. The minimum atomic E-state index is -0.197. The number of anilines is 1. The molecule has 0 bridgehead atoms. The van der Waals surface area contributed by atoms with E-state index in [1.165, 1.54) is 11.8 Å². The third kappa shape index (κ3) is 4.31. The highest BCUT2D eigenvalue weighted by molar-refractivity contribution is 7.99. The molecule has 1 amide bonds. The minimum absolute atomic E-state index is 0.176. The Balaban J connectivity index is 1.58. The molecule has 2 heterocycles. The lowest BCUT2D eigenvalue weighted by atomic mass is 10.3. The number of nitrogens with one attached hydrogen (secondary N) is 1. The van der Waals surface area contributed by atoms with E-state index in [-0.39, 0.29) is 11.7 Å². The molecule has 0 fully saturated rings. The Morgan fingerprint density at radius 2 is 2.21 bits per heavy atom. The van der Waals surface area contributed by atoms with Gasteiger partial charge in [-0.15, -0.1) is 10.2 Å². The van der Waals surface area contributed by atoms with E-state index in [1.54, 1.807) is 30.8 Å². The van der Waals surface area contributed by atoms with Gasteiger partial charge in [-0.2, -0.15) is 0 Å². The average Bonchev–Trinajstić information content (AvgIpc) is 3.20. The fourth-order valence-corrected chi connectivity index (χ4v) is 3.11. The van der Waals surface area contributed by atoms with Crippen LogP contribution in [0.4, 0.5) is 5.69 Å². The maximum atomic E-state index is 12.1. The van der Waals surface area contributed by atoms with Gasteiger partial charge in [-0.1, -0.05) is 35.0 Å². The molecule has 124 valence electrons. The third-order valence-electron chi connectivity index (χ3n) is 3.02. The first-order valence-electron chi connectivity index (χ1n) is 6.90. The number of benzene rings is 1. The lowest BCUT2D eigenvalue weighted by Crippen LogP contribution is -2.15. The monoisotopic (exact) mass is 382 g/mol. The highest BCUT2D eigenvalue weighted by Crippen LogP contribution is 2.26. The molecule has 0 radical (unpaired) electrons. The van der Waals surface area contributed by atoms with Gasteiger partial charge in [0.1, 0.15) is 12.1 Å². The topological polar surface area (TPSA) is 73.0 Å². The first-order chi connectivity index (χ1) is 11.6. The van der Waals surface area contributed by atoms with Gasteiger partial charge < -0.3 is 14.3 Å². The highest BCUT2D eigenvalue weighted by atomic mass is 35.5. The van der Waals surface area contributed by atoms with E-state index in [2.05, 4.69) is 15.5 Å². The predicted molar refractivity (Wildman–Crippen MR) is 93.6 cm³/mol. The summed E-state index contributed by atoms with van der Waals surface area (Å²) in [7, 11) is 0. The van der Waals surface area contributed by atoms with Crippen molar-refractivity contribution in [3.05, 3.63) is 58.7 Å². The van der Waals surface area contributed by atoms with Gasteiger partial charge in [0.15, 0.2) is 5.16 Å². The summed E-state index contributed by atoms with van der Waals surface area (Å²) in [6.45, 7) is 0.507. The molecule has 3 rings (SSSR count). The van der Waals surface area contributed by atoms with E-state index in [4.69, 9.17) is 27.6 Å². The predicted octanol–water partition coefficient (Wildman–Crippen LogP) is 3.96. The van der Waals surface area contributed by atoms with Crippen LogP contribution < -0.4 is 5.32 Å². The molecule has 1 aromatic carbocycles. The second-order valence-electron chi connectivity index (χ2n) is 4.78. The maximum absolute atomic E-state index is 12.1. The standard InChI is InChI=1S/C15H12Cl2N4O2S/c16-10-3-4-13(12(17)6-10)19-14(22)8-24-15-20-18-9-21(15)7-11-2-1-5-23-11/h1-6,9H,7-8H2,(H,19,22). The van der Waals surface area contributed by atoms with Crippen molar-refractivity contribution in [2.45, 2.75) is 11.7 Å². The summed E-state index contributed by atoms with van der Waals surface area (Å²) in [6.07, 6.45) is 3.20. The van der Waals surface area contributed by atoms with Crippen molar-refractivity contribution in [2.75, 3.05) is 11.1 Å². The molecule has 6 nitrogen and oxygen atoms in total. The molecule has 0 aliphatic carbocycles. The molecule has 1 N–H and O–H groups in total. The molecule has 0 atom stereocenters. The van der Waals surface area contributed by atoms with Crippen LogP contribution in [0.2, 0.25) is 10.0 Å². The molecular weight excluding hydrogens is 371 g/mol. The van der Waals surface area contributed by atoms with Crippen molar-refractivity contribution in [3.8, 4) is 0 Å². The van der Waals surface area contributed by atoms with Gasteiger partial charge in [0.05, 0.1) is 29.3 Å². The summed E-state index contributed by atoms with van der Waals surface area (Å²) in [6, 6.07) is 8.58. The van der Waals surface area contributed by atoms with E-state index < -0.39 is 0 Å². The zero-order valence-electron chi connectivity index (χ0n) is 12.3. The van der Waals surface area contributed by atoms with Gasteiger partial charge in [-0.25, -0.2) is 0 Å². The zero-order valence-corrected chi connectivity index (χ0v) is 14.6. The van der Waals surface area contributed by atoms with Crippen LogP contribution in [-0.2, 0) is 11.3 Å². The summed E-state index contributed by atoms with van der Waals surface area (Å²) in [5.74, 6) is 0.765. The van der Waals surface area contributed by atoms with Crippen LogP contribution in [0, 0.1) is 0 Å². The number of hydrogen-bond acceptors (Lipinski definition) is 5. The van der Waals surface area contributed by atoms with Crippen molar-refractivity contribution in [1.29, 1.82) is 0 Å². The fourth-order valence-electron chi connectivity index (χ4n) is 1.94. The van der Waals surface area contributed by atoms with E-state index in [9.17, 15) is 4.79 Å². The normalized spacial score (nSPS) is 10.8. The largest absolute Gasteiger partial charge is 0.467 e. The SMILES string of the molecule is O=C(CSc1nncn1Cc1ccco1)Nc1ccc(Cl)cc1Cl. The van der Waals surface area contributed by atoms with Crippen LogP contribution in [0.1, 0.15) is 5.76 Å². The number of carbonyl (C=O) groups excluding carboxylic acids is 1. The summed E-state index contributed by atoms with van der Waals surface area (Å²) in [5.41, 5.74) is 0.517. The van der Waals surface area contributed by atoms with Crippen LogP contribution in [0.5, 0.6) is 0 Å². The summed E-state index contributed by atoms with van der Waals surface area (Å²) >= 11 is 13.1. The van der Waals surface area contributed by atoms with Gasteiger partial charge in [0.25, 0.3) is 0 Å². The molecule has 0 aliphatic heterocycles. The van der Waals surface area contributed by atoms with Gasteiger partial charge in [0.2, 0.25) is 5.91 Å². The molecule has 0 aliphatic rings. The Hall–Kier alpha value is -1.96. The Kier molecular flexibility index (Phi) is 5.44. The number of nitrogens with zero attached hydrogens (tertiary/aromatic N) is 3. The lowest BCUT2D eigenvalue weighted by Gasteiger charge is -2.07.